The number of hydrogen-bond donors (Lipinski definition) is 0. The first kappa shape index (κ1) is 6.49. The van der Waals surface area contributed by atoms with Gasteiger partial charge in [0.1, 0.15) is 0 Å². The fourth-order valence-corrected chi connectivity index (χ4v) is 0.637. The molecule has 2 heteroatoms. The van der Waals surface area contributed by atoms with Gasteiger partial charge >= 0.3 is 0 Å². The first-order valence-corrected chi connectivity index (χ1v) is 3.05. The van der Waals surface area contributed by atoms with Gasteiger partial charge in [0.2, 0.25) is 0 Å². The Morgan fingerprint density at radius 2 is 2.33 bits per heavy atom. The highest BCUT2D eigenvalue weighted by Gasteiger charge is 2.13. The number of ether oxygens (including phenoxy) is 1. The summed E-state index contributed by atoms with van der Waals surface area (Å²) in [6.45, 7) is 3.11. The van der Waals surface area contributed by atoms with Crippen LogP contribution in [0.4, 0.5) is 0 Å². The molecule has 0 unspecified atom stereocenters. The molecule has 0 atom stereocenters. The lowest BCUT2D eigenvalue weighted by Crippen LogP contribution is -2.25. The van der Waals surface area contributed by atoms with Crippen LogP contribution in [0, 0.1) is 5.92 Å². The van der Waals surface area contributed by atoms with Crippen molar-refractivity contribution in [1.29, 1.82) is 0 Å². The van der Waals surface area contributed by atoms with Crippen LogP contribution in [-0.2, 0) is 9.53 Å². The Labute approximate surface area is 54.5 Å². The van der Waals surface area contributed by atoms with Gasteiger partial charge in [0.25, 0.3) is 0 Å². The van der Waals surface area contributed by atoms with Crippen molar-refractivity contribution >= 4 is 5.78 Å². The second kappa shape index (κ2) is 2.78. The lowest BCUT2D eigenvalue weighted by atomic mass is 10.1. The molecule has 0 aromatic rings. The Morgan fingerprint density at radius 3 is 2.67 bits per heavy atom. The number of carbonyl (C=O) groups excluding carboxylic acids is 1. The average Bonchev–Trinajstić information content (AvgIpc) is 1.60. The summed E-state index contributed by atoms with van der Waals surface area (Å²) in [6.07, 6.45) is 3.51. The summed E-state index contributed by atoms with van der Waals surface area (Å²) in [4.78, 5) is 10.4. The van der Waals surface area contributed by atoms with Gasteiger partial charge in [-0.05, 0) is 13.0 Å². The van der Waals surface area contributed by atoms with E-state index in [2.05, 4.69) is 0 Å². The van der Waals surface area contributed by atoms with Gasteiger partial charge in [0.05, 0.1) is 13.2 Å². The third kappa shape index (κ3) is 1.98. The highest BCUT2D eigenvalue weighted by molar-refractivity contribution is 5.87. The maximum atomic E-state index is 10.4. The largest absolute Gasteiger partial charge is 0.380 e. The second-order valence-electron chi connectivity index (χ2n) is 2.27. The molecule has 0 bridgehead atoms. The molecular formula is C7H10O2. The molecule has 1 heterocycles. The topological polar surface area (TPSA) is 26.3 Å². The first-order chi connectivity index (χ1) is 4.29. The van der Waals surface area contributed by atoms with Crippen LogP contribution in [-0.4, -0.2) is 19.0 Å². The number of hydrogen-bond acceptors (Lipinski definition) is 2. The van der Waals surface area contributed by atoms with Crippen LogP contribution in [0.3, 0.4) is 0 Å². The molecule has 0 N–H and O–H groups in total. The van der Waals surface area contributed by atoms with Crippen molar-refractivity contribution in [2.75, 3.05) is 13.2 Å². The van der Waals surface area contributed by atoms with E-state index in [4.69, 9.17) is 4.74 Å². The zero-order valence-electron chi connectivity index (χ0n) is 5.46. The lowest BCUT2D eigenvalue weighted by molar-refractivity contribution is -0.112. The van der Waals surface area contributed by atoms with Gasteiger partial charge < -0.3 is 4.74 Å². The Kier molecular flexibility index (Phi) is 2.01. The summed E-state index contributed by atoms with van der Waals surface area (Å²) in [5.41, 5.74) is 0. The van der Waals surface area contributed by atoms with Crippen LogP contribution in [0.25, 0.3) is 0 Å². The monoisotopic (exact) mass is 126 g/mol. The van der Waals surface area contributed by atoms with E-state index in [1.165, 1.54) is 0 Å². The molecule has 1 rings (SSSR count). The molecule has 1 aliphatic rings. The Hall–Kier alpha value is -0.630. The van der Waals surface area contributed by atoms with Gasteiger partial charge in [0.15, 0.2) is 5.78 Å². The second-order valence-corrected chi connectivity index (χ2v) is 2.27. The lowest BCUT2D eigenvalue weighted by Gasteiger charge is -2.21. The molecule has 0 aliphatic carbocycles. The van der Waals surface area contributed by atoms with Crippen molar-refractivity contribution in [3.8, 4) is 0 Å². The standard InChI is InChI=1S/C7H10O2/c1-6(8)2-3-7-4-9-5-7/h2-3,7H,4-5H2,1H3/b3-2+. The van der Waals surface area contributed by atoms with Crippen molar-refractivity contribution in [2.45, 2.75) is 6.92 Å². The van der Waals surface area contributed by atoms with Crippen molar-refractivity contribution in [3.05, 3.63) is 12.2 Å². The minimum atomic E-state index is 0.113. The molecule has 0 saturated carbocycles. The molecule has 0 aromatic heterocycles. The van der Waals surface area contributed by atoms with E-state index >= 15 is 0 Å². The third-order valence-corrected chi connectivity index (χ3v) is 1.27. The normalized spacial score (nSPS) is 20.1. The summed E-state index contributed by atoms with van der Waals surface area (Å²) in [6, 6.07) is 0. The van der Waals surface area contributed by atoms with Crippen LogP contribution in [0.1, 0.15) is 6.92 Å². The molecule has 50 valence electrons. The first-order valence-electron chi connectivity index (χ1n) is 3.05. The highest BCUT2D eigenvalue weighted by Crippen LogP contribution is 2.10. The summed E-state index contributed by atoms with van der Waals surface area (Å²) in [7, 11) is 0. The van der Waals surface area contributed by atoms with E-state index in [0.29, 0.717) is 5.92 Å². The summed E-state index contributed by atoms with van der Waals surface area (Å²) < 4.78 is 4.90. The number of ketones is 1. The zero-order valence-corrected chi connectivity index (χ0v) is 5.46. The van der Waals surface area contributed by atoms with Crippen molar-refractivity contribution in [2.24, 2.45) is 5.92 Å². The van der Waals surface area contributed by atoms with Gasteiger partial charge in [-0.1, -0.05) is 6.08 Å². The van der Waals surface area contributed by atoms with E-state index < -0.39 is 0 Å². The Bertz CT molecular complexity index is 134. The number of allylic oxidation sites excluding steroid dienone is 1. The maximum Gasteiger partial charge on any atom is 0.152 e. The third-order valence-electron chi connectivity index (χ3n) is 1.27. The van der Waals surface area contributed by atoms with Crippen molar-refractivity contribution in [1.82, 2.24) is 0 Å². The molecule has 1 fully saturated rings. The minimum absolute atomic E-state index is 0.113. The van der Waals surface area contributed by atoms with E-state index in [0.717, 1.165) is 13.2 Å². The highest BCUT2D eigenvalue weighted by atomic mass is 16.5. The number of carbonyl (C=O) groups is 1. The van der Waals surface area contributed by atoms with E-state index in [1.807, 2.05) is 6.08 Å². The van der Waals surface area contributed by atoms with Gasteiger partial charge in [-0.2, -0.15) is 0 Å². The van der Waals surface area contributed by atoms with E-state index in [-0.39, 0.29) is 5.78 Å². The molecule has 0 spiro atoms. The van der Waals surface area contributed by atoms with E-state index in [1.54, 1.807) is 13.0 Å². The van der Waals surface area contributed by atoms with Crippen LogP contribution in [0.15, 0.2) is 12.2 Å². The molecule has 0 amide bonds. The molecule has 9 heavy (non-hydrogen) atoms. The number of rotatable bonds is 2. The van der Waals surface area contributed by atoms with Crippen LogP contribution < -0.4 is 0 Å². The SMILES string of the molecule is CC(=O)/C=C/C1COC1. The molecule has 2 nitrogen and oxygen atoms in total. The molecule has 1 aliphatic heterocycles. The van der Waals surface area contributed by atoms with Gasteiger partial charge in [0, 0.05) is 5.92 Å². The molecule has 0 aromatic carbocycles. The summed E-state index contributed by atoms with van der Waals surface area (Å²) in [5, 5.41) is 0. The fourth-order valence-electron chi connectivity index (χ4n) is 0.637. The van der Waals surface area contributed by atoms with Crippen molar-refractivity contribution in [3.63, 3.8) is 0 Å². The quantitative estimate of drug-likeness (QED) is 0.511. The molecule has 0 radical (unpaired) electrons. The minimum Gasteiger partial charge on any atom is -0.380 e. The van der Waals surface area contributed by atoms with Crippen LogP contribution >= 0.6 is 0 Å². The van der Waals surface area contributed by atoms with Gasteiger partial charge in [-0.3, -0.25) is 4.79 Å². The average molecular weight is 126 g/mol. The van der Waals surface area contributed by atoms with E-state index in [9.17, 15) is 4.79 Å². The zero-order chi connectivity index (χ0) is 6.69. The van der Waals surface area contributed by atoms with Gasteiger partial charge in [-0.15, -0.1) is 0 Å². The Morgan fingerprint density at radius 1 is 1.67 bits per heavy atom. The predicted molar refractivity (Wildman–Crippen MR) is 34.1 cm³/mol. The Balaban J connectivity index is 2.22. The summed E-state index contributed by atoms with van der Waals surface area (Å²) in [5.74, 6) is 0.607. The molecule has 1 saturated heterocycles. The molecular weight excluding hydrogens is 116 g/mol. The summed E-state index contributed by atoms with van der Waals surface area (Å²) >= 11 is 0. The fraction of sp³-hybridized carbons (Fsp3) is 0.571. The van der Waals surface area contributed by atoms with Crippen LogP contribution in [0.5, 0.6) is 0 Å². The van der Waals surface area contributed by atoms with Crippen LogP contribution in [0.2, 0.25) is 0 Å². The van der Waals surface area contributed by atoms with Gasteiger partial charge in [-0.25, -0.2) is 0 Å². The van der Waals surface area contributed by atoms with Crippen molar-refractivity contribution < 1.29 is 9.53 Å². The maximum absolute atomic E-state index is 10.4. The predicted octanol–water partition coefficient (Wildman–Crippen LogP) is 0.778. The smallest absolute Gasteiger partial charge is 0.152 e.